The Morgan fingerprint density at radius 3 is 2.38 bits per heavy atom. The van der Waals surface area contributed by atoms with E-state index in [1.807, 2.05) is 31.2 Å². The van der Waals surface area contributed by atoms with Gasteiger partial charge >= 0.3 is 0 Å². The van der Waals surface area contributed by atoms with Crippen molar-refractivity contribution in [2.24, 2.45) is 5.11 Å². The molecule has 0 aromatic heterocycles. The largest absolute Gasteiger partial charge is 0.490 e. The second-order valence-corrected chi connectivity index (χ2v) is 3.10. The van der Waals surface area contributed by atoms with Gasteiger partial charge in [-0.3, -0.25) is 0 Å². The molecule has 0 N–H and O–H groups in total. The Bertz CT molecular complexity index is 362. The normalized spacial score (nSPS) is 9.31. The zero-order valence-corrected chi connectivity index (χ0v) is 9.30. The molecule has 0 fully saturated rings. The molecule has 0 aliphatic heterocycles. The lowest BCUT2D eigenvalue weighted by Gasteiger charge is -2.11. The topological polar surface area (TPSA) is 67.2 Å². The van der Waals surface area contributed by atoms with Crippen LogP contribution in [0, 0.1) is 0 Å². The van der Waals surface area contributed by atoms with Gasteiger partial charge in [0.05, 0.1) is 19.8 Å². The van der Waals surface area contributed by atoms with Crippen LogP contribution in [-0.4, -0.2) is 19.8 Å². The van der Waals surface area contributed by atoms with Gasteiger partial charge in [-0.2, -0.15) is 0 Å². The molecule has 5 nitrogen and oxygen atoms in total. The van der Waals surface area contributed by atoms with Gasteiger partial charge in [0.15, 0.2) is 11.5 Å². The van der Waals surface area contributed by atoms with Crippen LogP contribution in [0.15, 0.2) is 29.4 Å². The molecule has 0 atom stereocenters. The molecular weight excluding hydrogens is 206 g/mol. The first-order chi connectivity index (χ1) is 7.88. The van der Waals surface area contributed by atoms with Crippen LogP contribution >= 0.6 is 0 Å². The summed E-state index contributed by atoms with van der Waals surface area (Å²) in [4.78, 5) is 2.65. The Labute approximate surface area is 94.6 Å². The number of benzene rings is 1. The third-order valence-corrected chi connectivity index (χ3v) is 1.82. The van der Waals surface area contributed by atoms with Gasteiger partial charge in [-0.05, 0) is 24.1 Å². The number of azide groups is 1. The van der Waals surface area contributed by atoms with Crippen LogP contribution in [-0.2, 0) is 0 Å². The van der Waals surface area contributed by atoms with Crippen LogP contribution in [0.5, 0.6) is 11.5 Å². The van der Waals surface area contributed by atoms with Crippen molar-refractivity contribution in [3.8, 4) is 11.5 Å². The van der Waals surface area contributed by atoms with Crippen molar-refractivity contribution in [3.63, 3.8) is 0 Å². The Kier molecular flexibility index (Phi) is 5.66. The summed E-state index contributed by atoms with van der Waals surface area (Å²) in [5.41, 5.74) is 8.11. The van der Waals surface area contributed by atoms with Gasteiger partial charge in [0.1, 0.15) is 0 Å². The molecule has 0 spiro atoms. The van der Waals surface area contributed by atoms with Crippen molar-refractivity contribution in [2.45, 2.75) is 13.3 Å². The molecular formula is C11H15N3O2. The molecule has 0 bridgehead atoms. The van der Waals surface area contributed by atoms with Gasteiger partial charge < -0.3 is 9.47 Å². The third-order valence-electron chi connectivity index (χ3n) is 1.82. The number of hydrogen-bond donors (Lipinski definition) is 0. The first-order valence-corrected chi connectivity index (χ1v) is 5.24. The molecule has 16 heavy (non-hydrogen) atoms. The number of ether oxygens (including phenoxy) is 2. The Morgan fingerprint density at radius 2 is 1.81 bits per heavy atom. The number of hydrogen-bond acceptors (Lipinski definition) is 3. The molecule has 5 heteroatoms. The maximum atomic E-state index is 8.11. The minimum absolute atomic E-state index is 0.318. The third kappa shape index (κ3) is 4.11. The summed E-state index contributed by atoms with van der Waals surface area (Å²) >= 11 is 0. The van der Waals surface area contributed by atoms with Crippen molar-refractivity contribution >= 4 is 0 Å². The van der Waals surface area contributed by atoms with Gasteiger partial charge in [-0.25, -0.2) is 0 Å². The maximum Gasteiger partial charge on any atom is 0.161 e. The highest BCUT2D eigenvalue weighted by Crippen LogP contribution is 2.26. The highest BCUT2D eigenvalue weighted by Gasteiger charge is 2.02. The first-order valence-electron chi connectivity index (χ1n) is 5.24. The van der Waals surface area contributed by atoms with E-state index in [-0.39, 0.29) is 0 Å². The van der Waals surface area contributed by atoms with Crippen molar-refractivity contribution in [1.29, 1.82) is 0 Å². The number of rotatable bonds is 7. The SMILES string of the molecule is CCCOc1ccccc1OCCN=[N+]=[N-]. The highest BCUT2D eigenvalue weighted by atomic mass is 16.5. The summed E-state index contributed by atoms with van der Waals surface area (Å²) in [7, 11) is 0. The van der Waals surface area contributed by atoms with E-state index < -0.39 is 0 Å². The van der Waals surface area contributed by atoms with E-state index >= 15 is 0 Å². The highest BCUT2D eigenvalue weighted by molar-refractivity contribution is 5.39. The van der Waals surface area contributed by atoms with Crippen LogP contribution in [0.3, 0.4) is 0 Å². The first kappa shape index (κ1) is 12.2. The summed E-state index contributed by atoms with van der Waals surface area (Å²) in [6, 6.07) is 7.46. The van der Waals surface area contributed by atoms with Crippen LogP contribution in [0.2, 0.25) is 0 Å². The summed E-state index contributed by atoms with van der Waals surface area (Å²) < 4.78 is 11.0. The minimum Gasteiger partial charge on any atom is -0.490 e. The molecule has 0 aliphatic carbocycles. The molecule has 1 aromatic carbocycles. The molecule has 0 saturated carbocycles. The Morgan fingerprint density at radius 1 is 1.19 bits per heavy atom. The average Bonchev–Trinajstić information content (AvgIpc) is 2.33. The minimum atomic E-state index is 0.318. The predicted octanol–water partition coefficient (Wildman–Crippen LogP) is 3.16. The predicted molar refractivity (Wildman–Crippen MR) is 61.7 cm³/mol. The van der Waals surface area contributed by atoms with E-state index in [4.69, 9.17) is 15.0 Å². The standard InChI is InChI=1S/C11H15N3O2/c1-2-8-15-10-5-3-4-6-11(10)16-9-7-13-14-12/h3-6H,2,7-9H2,1H3. The van der Waals surface area contributed by atoms with E-state index in [1.165, 1.54) is 0 Å². The van der Waals surface area contributed by atoms with Crippen LogP contribution < -0.4 is 9.47 Å². The van der Waals surface area contributed by atoms with Gasteiger partial charge in [-0.15, -0.1) is 0 Å². The Hall–Kier alpha value is -1.87. The zero-order valence-electron chi connectivity index (χ0n) is 9.30. The lowest BCUT2D eigenvalue weighted by atomic mass is 10.3. The van der Waals surface area contributed by atoms with Crippen LogP contribution in [0.25, 0.3) is 10.4 Å². The summed E-state index contributed by atoms with van der Waals surface area (Å²) in [6.07, 6.45) is 0.951. The molecule has 1 rings (SSSR count). The summed E-state index contributed by atoms with van der Waals surface area (Å²) in [5.74, 6) is 1.41. The van der Waals surface area contributed by atoms with Crippen molar-refractivity contribution in [2.75, 3.05) is 19.8 Å². The molecule has 0 amide bonds. The van der Waals surface area contributed by atoms with Crippen LogP contribution in [0.1, 0.15) is 13.3 Å². The van der Waals surface area contributed by atoms with Crippen molar-refractivity contribution < 1.29 is 9.47 Å². The fraction of sp³-hybridized carbons (Fsp3) is 0.455. The second kappa shape index (κ2) is 7.43. The average molecular weight is 221 g/mol. The van der Waals surface area contributed by atoms with Crippen molar-refractivity contribution in [3.05, 3.63) is 34.7 Å². The Balaban J connectivity index is 2.52. The smallest absolute Gasteiger partial charge is 0.161 e. The summed E-state index contributed by atoms with van der Waals surface area (Å²) in [5, 5.41) is 3.39. The molecule has 0 unspecified atom stereocenters. The van der Waals surface area contributed by atoms with Crippen LogP contribution in [0.4, 0.5) is 0 Å². The van der Waals surface area contributed by atoms with Crippen molar-refractivity contribution in [1.82, 2.24) is 0 Å². The monoisotopic (exact) mass is 221 g/mol. The van der Waals surface area contributed by atoms with Gasteiger partial charge in [0.2, 0.25) is 0 Å². The quantitative estimate of drug-likeness (QED) is 0.307. The van der Waals surface area contributed by atoms with E-state index in [0.29, 0.717) is 25.5 Å². The van der Waals surface area contributed by atoms with Gasteiger partial charge in [0, 0.05) is 4.91 Å². The van der Waals surface area contributed by atoms with E-state index in [0.717, 1.165) is 12.2 Å². The molecule has 0 saturated heterocycles. The molecule has 1 aromatic rings. The fourth-order valence-corrected chi connectivity index (χ4v) is 1.14. The molecule has 86 valence electrons. The second-order valence-electron chi connectivity index (χ2n) is 3.10. The maximum absolute atomic E-state index is 8.11. The molecule has 0 heterocycles. The number of nitrogens with zero attached hydrogens (tertiary/aromatic N) is 3. The van der Waals surface area contributed by atoms with E-state index in [2.05, 4.69) is 10.0 Å². The summed E-state index contributed by atoms with van der Waals surface area (Å²) in [6.45, 7) is 3.39. The molecule has 0 radical (unpaired) electrons. The fourth-order valence-electron chi connectivity index (χ4n) is 1.14. The van der Waals surface area contributed by atoms with E-state index in [9.17, 15) is 0 Å². The van der Waals surface area contributed by atoms with Gasteiger partial charge in [0.25, 0.3) is 0 Å². The molecule has 0 aliphatic rings. The van der Waals surface area contributed by atoms with Gasteiger partial charge in [-0.1, -0.05) is 24.2 Å². The number of para-hydroxylation sites is 2. The lowest BCUT2D eigenvalue weighted by Crippen LogP contribution is -2.03. The zero-order chi connectivity index (χ0) is 11.6. The lowest BCUT2D eigenvalue weighted by molar-refractivity contribution is 0.273. The van der Waals surface area contributed by atoms with E-state index in [1.54, 1.807) is 0 Å².